The van der Waals surface area contributed by atoms with Gasteiger partial charge in [0.05, 0.1) is 23.4 Å². The molecule has 3 N–H and O–H groups in total. The van der Waals surface area contributed by atoms with E-state index in [0.29, 0.717) is 39.1 Å². The lowest BCUT2D eigenvalue weighted by atomic mass is 9.95. The molecule has 0 bridgehead atoms. The third-order valence-corrected chi connectivity index (χ3v) is 8.71. The zero-order valence-electron chi connectivity index (χ0n) is 28.3. The van der Waals surface area contributed by atoms with Crippen molar-refractivity contribution in [3.05, 3.63) is 28.8 Å². The van der Waals surface area contributed by atoms with Crippen LogP contribution in [0.4, 0.5) is 37.8 Å². The van der Waals surface area contributed by atoms with Crippen molar-refractivity contribution in [2.24, 2.45) is 0 Å². The standard InChI is InChI=1S/C29H33F6N7O2.2C2H6/c1-3-43-26-19-24(22(32)23(38-26)17-11-18(36)21(31)15(2)20(17)29(33,34)35)39-27(40-25(19)41-9-6-37-7-10-41)44-14-28-5-4-8-42(28)13-16(30)12-28;2*1-2/h11,16,37H,3-10,12-14,36H2,1-2H3;2*1-2H3. The van der Waals surface area contributed by atoms with Gasteiger partial charge in [0.15, 0.2) is 5.82 Å². The fourth-order valence-electron chi connectivity index (χ4n) is 6.71. The Morgan fingerprint density at radius 2 is 1.71 bits per heavy atom. The van der Waals surface area contributed by atoms with Gasteiger partial charge in [-0.3, -0.25) is 4.90 Å². The number of fused-ring (bicyclic) bond motifs is 2. The Morgan fingerprint density at radius 3 is 2.35 bits per heavy atom. The number of anilines is 2. The second-order valence-corrected chi connectivity index (χ2v) is 11.5. The first-order valence-electron chi connectivity index (χ1n) is 16.6. The van der Waals surface area contributed by atoms with Crippen LogP contribution in [0.3, 0.4) is 0 Å². The predicted octanol–water partition coefficient (Wildman–Crippen LogP) is 6.70. The van der Waals surface area contributed by atoms with E-state index in [1.165, 1.54) is 0 Å². The summed E-state index contributed by atoms with van der Waals surface area (Å²) in [6, 6.07) is 0.508. The molecule has 3 fully saturated rings. The van der Waals surface area contributed by atoms with Gasteiger partial charge in [0.2, 0.25) is 5.88 Å². The molecule has 0 spiro atoms. The zero-order chi connectivity index (χ0) is 35.4. The van der Waals surface area contributed by atoms with Crippen molar-refractivity contribution in [1.29, 1.82) is 0 Å². The minimum atomic E-state index is -5.06. The number of pyridine rings is 1. The molecule has 3 saturated heterocycles. The van der Waals surface area contributed by atoms with E-state index < -0.39 is 57.6 Å². The molecule has 1 aromatic carbocycles. The van der Waals surface area contributed by atoms with Crippen LogP contribution in [0.25, 0.3) is 22.2 Å². The molecule has 3 aliphatic heterocycles. The van der Waals surface area contributed by atoms with Crippen molar-refractivity contribution in [3.63, 3.8) is 0 Å². The normalized spacial score (nSPS) is 20.9. The molecule has 3 aromatic rings. The molecule has 6 rings (SSSR count). The van der Waals surface area contributed by atoms with Crippen LogP contribution in [-0.2, 0) is 6.18 Å². The number of nitrogens with one attached hydrogen (secondary N) is 1. The largest absolute Gasteiger partial charge is 0.477 e. The first kappa shape index (κ1) is 37.2. The first-order chi connectivity index (χ1) is 22.9. The lowest BCUT2D eigenvalue weighted by molar-refractivity contribution is -0.137. The van der Waals surface area contributed by atoms with Crippen molar-refractivity contribution in [2.45, 2.75) is 78.7 Å². The van der Waals surface area contributed by atoms with Crippen LogP contribution < -0.4 is 25.4 Å². The van der Waals surface area contributed by atoms with E-state index in [2.05, 4.69) is 20.3 Å². The minimum Gasteiger partial charge on any atom is -0.477 e. The third kappa shape index (κ3) is 7.07. The van der Waals surface area contributed by atoms with Gasteiger partial charge in [-0.15, -0.1) is 0 Å². The Hall–Kier alpha value is -3.59. The molecule has 48 heavy (non-hydrogen) atoms. The average molecular weight is 686 g/mol. The highest BCUT2D eigenvalue weighted by Gasteiger charge is 2.49. The number of benzene rings is 1. The molecule has 2 unspecified atom stereocenters. The fourth-order valence-corrected chi connectivity index (χ4v) is 6.71. The van der Waals surface area contributed by atoms with Crippen LogP contribution in [0.1, 0.15) is 65.0 Å². The SMILES string of the molecule is CC.CC.CCOc1nc(-c2cc(N)c(F)c(C)c2C(F)(F)F)c(F)c2nc(OCC34CCCN3CC(F)C4)nc(N3CCNCC3)c12. The number of nitrogen functional groups attached to an aromatic ring is 1. The van der Waals surface area contributed by atoms with Gasteiger partial charge in [0.25, 0.3) is 0 Å². The first-order valence-corrected chi connectivity index (χ1v) is 16.6. The van der Waals surface area contributed by atoms with Gasteiger partial charge < -0.3 is 25.4 Å². The number of aromatic nitrogens is 3. The molecule has 0 radical (unpaired) electrons. The topological polar surface area (TPSA) is 102 Å². The number of rotatable bonds is 7. The number of ether oxygens (including phenoxy) is 2. The van der Waals surface area contributed by atoms with E-state index >= 15 is 4.39 Å². The molecule has 5 heterocycles. The van der Waals surface area contributed by atoms with Gasteiger partial charge in [0.1, 0.15) is 41.0 Å². The monoisotopic (exact) mass is 685 g/mol. The fraction of sp³-hybridized carbons (Fsp3) is 0.606. The smallest absolute Gasteiger partial charge is 0.417 e. The number of piperazine rings is 1. The van der Waals surface area contributed by atoms with E-state index in [0.717, 1.165) is 26.0 Å². The molecular weight excluding hydrogens is 640 g/mol. The molecule has 15 heteroatoms. The lowest BCUT2D eigenvalue weighted by Gasteiger charge is -2.32. The maximum atomic E-state index is 16.6. The Kier molecular flexibility index (Phi) is 11.9. The summed E-state index contributed by atoms with van der Waals surface area (Å²) in [6.45, 7) is 13.9. The third-order valence-electron chi connectivity index (χ3n) is 8.71. The maximum absolute atomic E-state index is 16.6. The van der Waals surface area contributed by atoms with Crippen LogP contribution >= 0.6 is 0 Å². The summed E-state index contributed by atoms with van der Waals surface area (Å²) in [5, 5.41) is 3.29. The van der Waals surface area contributed by atoms with E-state index in [4.69, 9.17) is 15.2 Å². The van der Waals surface area contributed by atoms with Gasteiger partial charge in [-0.05, 0) is 44.9 Å². The molecule has 0 aliphatic carbocycles. The van der Waals surface area contributed by atoms with E-state index in [1.54, 1.807) is 6.92 Å². The summed E-state index contributed by atoms with van der Waals surface area (Å²) in [5.41, 5.74) is 0.496. The van der Waals surface area contributed by atoms with Gasteiger partial charge in [0, 0.05) is 44.7 Å². The van der Waals surface area contributed by atoms with E-state index in [1.807, 2.05) is 37.5 Å². The molecule has 0 saturated carbocycles. The quantitative estimate of drug-likeness (QED) is 0.208. The highest BCUT2D eigenvalue weighted by molar-refractivity contribution is 5.97. The number of hydrogen-bond donors (Lipinski definition) is 2. The maximum Gasteiger partial charge on any atom is 0.417 e. The van der Waals surface area contributed by atoms with Crippen LogP contribution in [0.5, 0.6) is 11.9 Å². The number of alkyl halides is 4. The van der Waals surface area contributed by atoms with Crippen molar-refractivity contribution < 1.29 is 35.8 Å². The average Bonchev–Trinajstić information content (AvgIpc) is 3.60. The summed E-state index contributed by atoms with van der Waals surface area (Å²) >= 11 is 0. The Morgan fingerprint density at radius 1 is 1.02 bits per heavy atom. The summed E-state index contributed by atoms with van der Waals surface area (Å²) < 4.78 is 100. The predicted molar refractivity (Wildman–Crippen MR) is 174 cm³/mol. The molecule has 0 amide bonds. The molecule has 9 nitrogen and oxygen atoms in total. The van der Waals surface area contributed by atoms with Gasteiger partial charge in [-0.2, -0.15) is 23.1 Å². The van der Waals surface area contributed by atoms with Crippen LogP contribution in [0.15, 0.2) is 6.07 Å². The zero-order valence-corrected chi connectivity index (χ0v) is 28.3. The minimum absolute atomic E-state index is 0.0475. The second-order valence-electron chi connectivity index (χ2n) is 11.5. The van der Waals surface area contributed by atoms with Crippen molar-refractivity contribution in [2.75, 3.05) is 63.1 Å². The number of nitrogens with two attached hydrogens (primary N) is 1. The number of nitrogens with zero attached hydrogens (tertiary/aromatic N) is 5. The highest BCUT2D eigenvalue weighted by Crippen LogP contribution is 2.45. The van der Waals surface area contributed by atoms with Gasteiger partial charge in [-0.25, -0.2) is 18.2 Å². The van der Waals surface area contributed by atoms with Crippen LogP contribution in [0.2, 0.25) is 0 Å². The Labute approximate surface area is 277 Å². The highest BCUT2D eigenvalue weighted by atomic mass is 19.4. The Balaban J connectivity index is 0.00000125. The summed E-state index contributed by atoms with van der Waals surface area (Å²) in [4.78, 5) is 17.1. The van der Waals surface area contributed by atoms with Crippen LogP contribution in [0, 0.1) is 18.6 Å². The molecule has 3 aliphatic rings. The number of halogens is 6. The second kappa shape index (κ2) is 15.3. The Bertz CT molecular complexity index is 1590. The van der Waals surface area contributed by atoms with E-state index in [-0.39, 0.29) is 48.2 Å². The van der Waals surface area contributed by atoms with Crippen LogP contribution in [-0.4, -0.2) is 84.0 Å². The lowest BCUT2D eigenvalue weighted by Crippen LogP contribution is -2.44. The van der Waals surface area contributed by atoms with Crippen molar-refractivity contribution in [1.82, 2.24) is 25.2 Å². The molecule has 266 valence electrons. The molecule has 2 aromatic heterocycles. The summed E-state index contributed by atoms with van der Waals surface area (Å²) in [7, 11) is 0. The molecule has 2 atom stereocenters. The van der Waals surface area contributed by atoms with Gasteiger partial charge >= 0.3 is 12.2 Å². The van der Waals surface area contributed by atoms with Crippen molar-refractivity contribution in [3.8, 4) is 23.1 Å². The summed E-state index contributed by atoms with van der Waals surface area (Å²) in [6.07, 6.45) is -4.18. The van der Waals surface area contributed by atoms with Crippen molar-refractivity contribution >= 4 is 22.4 Å². The summed E-state index contributed by atoms with van der Waals surface area (Å²) in [5.74, 6) is -2.40. The van der Waals surface area contributed by atoms with E-state index in [9.17, 15) is 22.0 Å². The molecular formula is C33H45F6N7O2. The number of hydrogen-bond acceptors (Lipinski definition) is 9. The van der Waals surface area contributed by atoms with Gasteiger partial charge in [-0.1, -0.05) is 27.7 Å².